The molecule has 1 aliphatic rings. The second-order valence-electron chi connectivity index (χ2n) is 7.05. The van der Waals surface area contributed by atoms with E-state index in [-0.39, 0.29) is 5.69 Å². The first-order valence-corrected chi connectivity index (χ1v) is 11.9. The Labute approximate surface area is 189 Å². The summed E-state index contributed by atoms with van der Waals surface area (Å²) in [6.45, 7) is -0.628. The Bertz CT molecular complexity index is 1200. The highest BCUT2D eigenvalue weighted by Gasteiger charge is 2.45. The van der Waals surface area contributed by atoms with E-state index in [4.69, 9.17) is 14.5 Å². The number of aromatic nitrogens is 4. The van der Waals surface area contributed by atoms with Crippen molar-refractivity contribution < 1.29 is 38.7 Å². The lowest BCUT2D eigenvalue weighted by Crippen LogP contribution is -2.33. The molecule has 0 bridgehead atoms. The van der Waals surface area contributed by atoms with Gasteiger partial charge in [-0.25, -0.2) is 19.5 Å². The molecule has 16 heteroatoms. The van der Waals surface area contributed by atoms with Crippen molar-refractivity contribution in [2.45, 2.75) is 35.3 Å². The third kappa shape index (κ3) is 5.20. The summed E-state index contributed by atoms with van der Waals surface area (Å²) < 4.78 is 22.2. The molecular weight excluding hydrogens is 481 g/mol. The number of hydrogen-bond acceptors (Lipinski definition) is 11. The maximum absolute atomic E-state index is 10.9. The minimum absolute atomic E-state index is 0.00581. The van der Waals surface area contributed by atoms with Gasteiger partial charge in [0.2, 0.25) is 0 Å². The van der Waals surface area contributed by atoms with Crippen LogP contribution in [0.5, 0.6) is 0 Å². The van der Waals surface area contributed by atoms with Crippen LogP contribution in [-0.4, -0.2) is 69.4 Å². The molecule has 0 aliphatic carbocycles. The molecule has 33 heavy (non-hydrogen) atoms. The number of ether oxygens (including phenoxy) is 1. The van der Waals surface area contributed by atoms with E-state index < -0.39 is 43.9 Å². The molecule has 176 valence electrons. The fourth-order valence-corrected chi connectivity index (χ4v) is 4.49. The zero-order valence-corrected chi connectivity index (χ0v) is 18.3. The maximum atomic E-state index is 10.9. The van der Waals surface area contributed by atoms with E-state index in [2.05, 4.69) is 19.5 Å². The lowest BCUT2D eigenvalue weighted by atomic mass is 10.1. The van der Waals surface area contributed by atoms with Crippen molar-refractivity contribution in [3.05, 3.63) is 52.6 Å². The summed E-state index contributed by atoms with van der Waals surface area (Å²) in [6.07, 6.45) is -2.56. The number of hydrogen-bond donors (Lipinski definition) is 4. The Morgan fingerprint density at radius 1 is 1.18 bits per heavy atom. The molecule has 0 amide bonds. The van der Waals surface area contributed by atoms with Crippen LogP contribution in [0.1, 0.15) is 11.8 Å². The van der Waals surface area contributed by atoms with Crippen molar-refractivity contribution in [1.82, 2.24) is 19.5 Å². The van der Waals surface area contributed by atoms with Gasteiger partial charge in [0.1, 0.15) is 35.2 Å². The highest BCUT2D eigenvalue weighted by Crippen LogP contribution is 2.39. The molecule has 2 aromatic heterocycles. The highest BCUT2D eigenvalue weighted by molar-refractivity contribution is 7.98. The van der Waals surface area contributed by atoms with Gasteiger partial charge in [-0.3, -0.25) is 19.2 Å². The monoisotopic (exact) mass is 499 g/mol. The summed E-state index contributed by atoms with van der Waals surface area (Å²) in [6, 6.07) is 6.12. The third-order valence-electron chi connectivity index (χ3n) is 4.87. The van der Waals surface area contributed by atoms with Crippen LogP contribution >= 0.6 is 19.6 Å². The first kappa shape index (κ1) is 23.7. The molecule has 4 N–H and O–H groups in total. The summed E-state index contributed by atoms with van der Waals surface area (Å²) in [5.74, 6) is 0.458. The van der Waals surface area contributed by atoms with E-state index in [9.17, 15) is 24.9 Å². The summed E-state index contributed by atoms with van der Waals surface area (Å²) in [7, 11) is -4.78. The standard InChI is InChI=1S/C17H18N5O9PS/c23-13-11(5-30-32(27,28)29)31-17(14(13)24)21-8-20-12-15(21)18-7-19-16(12)33-6-9-1-3-10(4-2-9)22(25)26/h1-4,7-8,11,13-14,17,23-24H,5-6H2,(H2,27,28,29)/t11-,13+,14+,17-/m0/s1. The van der Waals surface area contributed by atoms with Gasteiger partial charge in [0.05, 0.1) is 17.9 Å². The van der Waals surface area contributed by atoms with Crippen LogP contribution in [0.4, 0.5) is 5.69 Å². The Kier molecular flexibility index (Phi) is 6.74. The van der Waals surface area contributed by atoms with Gasteiger partial charge >= 0.3 is 7.82 Å². The molecular formula is C17H18N5O9PS. The zero-order valence-electron chi connectivity index (χ0n) is 16.6. The quantitative estimate of drug-likeness (QED) is 0.111. The Balaban J connectivity index is 1.51. The van der Waals surface area contributed by atoms with Crippen LogP contribution < -0.4 is 0 Å². The predicted octanol–water partition coefficient (Wildman–Crippen LogP) is 0.755. The average molecular weight is 499 g/mol. The number of thioether (sulfide) groups is 1. The number of nitro benzene ring substituents is 1. The average Bonchev–Trinajstić information content (AvgIpc) is 3.32. The van der Waals surface area contributed by atoms with Crippen LogP contribution in [0.2, 0.25) is 0 Å². The van der Waals surface area contributed by atoms with Gasteiger partial charge in [0, 0.05) is 17.9 Å². The van der Waals surface area contributed by atoms with Crippen molar-refractivity contribution in [3.8, 4) is 0 Å². The molecule has 1 saturated heterocycles. The minimum Gasteiger partial charge on any atom is -0.387 e. The molecule has 14 nitrogen and oxygen atoms in total. The summed E-state index contributed by atoms with van der Waals surface area (Å²) in [4.78, 5) is 40.7. The fraction of sp³-hybridized carbons (Fsp3) is 0.353. The molecule has 1 aliphatic heterocycles. The van der Waals surface area contributed by atoms with E-state index in [1.165, 1.54) is 41.1 Å². The van der Waals surface area contributed by atoms with Gasteiger partial charge in [-0.05, 0) is 5.56 Å². The van der Waals surface area contributed by atoms with Gasteiger partial charge in [-0.2, -0.15) is 0 Å². The van der Waals surface area contributed by atoms with Crippen LogP contribution in [0, 0.1) is 10.1 Å². The SMILES string of the molecule is O=[N+]([O-])c1ccc(CSc2ncnc3c2ncn3[C@H]2O[C@@H](COP(=O)(O)O)[C@@H](O)[C@H]2O)cc1. The van der Waals surface area contributed by atoms with E-state index >= 15 is 0 Å². The molecule has 3 aromatic rings. The van der Waals surface area contributed by atoms with Crippen LogP contribution in [0.25, 0.3) is 11.2 Å². The number of rotatable bonds is 8. The number of aliphatic hydroxyl groups excluding tert-OH is 2. The largest absolute Gasteiger partial charge is 0.469 e. The number of non-ortho nitro benzene ring substituents is 1. The Morgan fingerprint density at radius 2 is 1.91 bits per heavy atom. The van der Waals surface area contributed by atoms with E-state index in [1.807, 2.05) is 0 Å². The second kappa shape index (κ2) is 9.40. The van der Waals surface area contributed by atoms with Gasteiger partial charge in [-0.15, -0.1) is 0 Å². The van der Waals surface area contributed by atoms with Crippen molar-refractivity contribution in [2.24, 2.45) is 0 Å². The smallest absolute Gasteiger partial charge is 0.387 e. The predicted molar refractivity (Wildman–Crippen MR) is 112 cm³/mol. The van der Waals surface area contributed by atoms with Gasteiger partial charge in [0.15, 0.2) is 11.9 Å². The second-order valence-corrected chi connectivity index (χ2v) is 9.25. The molecule has 4 atom stereocenters. The number of aliphatic hydroxyl groups is 2. The Hall–Kier alpha value is -2.49. The number of nitro groups is 1. The van der Waals surface area contributed by atoms with Crippen LogP contribution in [0.3, 0.4) is 0 Å². The van der Waals surface area contributed by atoms with Crippen molar-refractivity contribution in [3.63, 3.8) is 0 Å². The first-order valence-electron chi connectivity index (χ1n) is 9.39. The molecule has 4 rings (SSSR count). The van der Waals surface area contributed by atoms with E-state index in [0.29, 0.717) is 21.9 Å². The topological polar surface area (TPSA) is 203 Å². The lowest BCUT2D eigenvalue weighted by molar-refractivity contribution is -0.384. The van der Waals surface area contributed by atoms with Crippen LogP contribution in [0.15, 0.2) is 41.9 Å². The molecule has 0 saturated carbocycles. The molecule has 1 fully saturated rings. The van der Waals surface area contributed by atoms with Crippen LogP contribution in [-0.2, 0) is 19.6 Å². The normalized spacial score (nSPS) is 23.3. The zero-order chi connectivity index (χ0) is 23.8. The summed E-state index contributed by atoms with van der Waals surface area (Å²) in [5.41, 5.74) is 1.55. The number of phosphoric ester groups is 1. The molecule has 0 unspecified atom stereocenters. The number of imidazole rings is 1. The van der Waals surface area contributed by atoms with Crippen molar-refractivity contribution >= 4 is 36.4 Å². The van der Waals surface area contributed by atoms with Crippen molar-refractivity contribution in [2.75, 3.05) is 6.61 Å². The molecule has 3 heterocycles. The van der Waals surface area contributed by atoms with Gasteiger partial charge in [-0.1, -0.05) is 23.9 Å². The Morgan fingerprint density at radius 3 is 2.58 bits per heavy atom. The molecule has 0 radical (unpaired) electrons. The molecule has 1 aromatic carbocycles. The van der Waals surface area contributed by atoms with Crippen molar-refractivity contribution in [1.29, 1.82) is 0 Å². The summed E-state index contributed by atoms with van der Waals surface area (Å²) >= 11 is 1.33. The number of fused-ring (bicyclic) bond motifs is 1. The third-order valence-corrected chi connectivity index (χ3v) is 6.40. The lowest BCUT2D eigenvalue weighted by Gasteiger charge is -2.16. The maximum Gasteiger partial charge on any atom is 0.469 e. The first-order chi connectivity index (χ1) is 15.6. The number of nitrogens with zero attached hydrogens (tertiary/aromatic N) is 5. The molecule has 0 spiro atoms. The van der Waals surface area contributed by atoms with E-state index in [1.54, 1.807) is 12.1 Å². The number of phosphoric acid groups is 1. The number of benzene rings is 1. The fourth-order valence-electron chi connectivity index (χ4n) is 3.26. The van der Waals surface area contributed by atoms with Gasteiger partial charge in [0.25, 0.3) is 5.69 Å². The minimum atomic E-state index is -4.78. The summed E-state index contributed by atoms with van der Waals surface area (Å²) in [5, 5.41) is 31.9. The highest BCUT2D eigenvalue weighted by atomic mass is 32.2. The van der Waals surface area contributed by atoms with E-state index in [0.717, 1.165) is 5.56 Å². The van der Waals surface area contributed by atoms with Gasteiger partial charge < -0.3 is 24.7 Å².